The van der Waals surface area contributed by atoms with Gasteiger partial charge in [-0.05, 0) is 67.1 Å². The molecule has 5 rings (SSSR count). The summed E-state index contributed by atoms with van der Waals surface area (Å²) in [6.07, 6.45) is 4.56. The highest BCUT2D eigenvalue weighted by atomic mass is 16.5. The highest BCUT2D eigenvalue weighted by Gasteiger charge is 2.26. The predicted molar refractivity (Wildman–Crippen MR) is 131 cm³/mol. The highest BCUT2D eigenvalue weighted by molar-refractivity contribution is 5.87. The number of aromatic amines is 1. The van der Waals surface area contributed by atoms with Gasteiger partial charge in [0.25, 0.3) is 5.91 Å². The lowest BCUT2D eigenvalue weighted by Crippen LogP contribution is -2.34. The van der Waals surface area contributed by atoms with E-state index < -0.39 is 0 Å². The Labute approximate surface area is 197 Å². The fourth-order valence-electron chi connectivity index (χ4n) is 4.87. The Morgan fingerprint density at radius 2 is 2.00 bits per heavy atom. The molecule has 4 aromatic rings. The molecule has 0 saturated carbocycles. The zero-order valence-electron chi connectivity index (χ0n) is 19.4. The first-order valence-electron chi connectivity index (χ1n) is 11.7. The van der Waals surface area contributed by atoms with E-state index in [0.717, 1.165) is 65.4 Å². The van der Waals surface area contributed by atoms with Crippen LogP contribution in [0.25, 0.3) is 21.9 Å². The molecular formula is C27H28N2O5. The molecule has 7 heteroatoms. The van der Waals surface area contributed by atoms with Gasteiger partial charge < -0.3 is 24.2 Å². The van der Waals surface area contributed by atoms with Crippen LogP contribution < -0.4 is 20.4 Å². The number of aromatic nitrogens is 1. The number of hydrogen-bond donors (Lipinski definition) is 2. The average Bonchev–Trinajstić information content (AvgIpc) is 3.21. The summed E-state index contributed by atoms with van der Waals surface area (Å²) in [6, 6.07) is 12.8. The lowest BCUT2D eigenvalue weighted by atomic mass is 9.91. The average molecular weight is 461 g/mol. The summed E-state index contributed by atoms with van der Waals surface area (Å²) in [5.41, 5.74) is 4.39. The Kier molecular flexibility index (Phi) is 6.01. The molecule has 176 valence electrons. The second-order valence-electron chi connectivity index (χ2n) is 8.73. The van der Waals surface area contributed by atoms with Gasteiger partial charge in [0.1, 0.15) is 17.1 Å². The van der Waals surface area contributed by atoms with Gasteiger partial charge in [-0.15, -0.1) is 0 Å². The molecule has 2 aromatic carbocycles. The molecule has 1 aliphatic rings. The van der Waals surface area contributed by atoms with E-state index in [0.29, 0.717) is 11.3 Å². The van der Waals surface area contributed by atoms with Crippen molar-refractivity contribution in [2.24, 2.45) is 0 Å². The van der Waals surface area contributed by atoms with Crippen LogP contribution in [-0.4, -0.2) is 24.6 Å². The van der Waals surface area contributed by atoms with Gasteiger partial charge in [-0.3, -0.25) is 4.79 Å². The van der Waals surface area contributed by atoms with E-state index in [-0.39, 0.29) is 24.2 Å². The number of rotatable bonds is 7. The third-order valence-electron chi connectivity index (χ3n) is 6.44. The first kappa shape index (κ1) is 22.1. The molecule has 1 amide bonds. The maximum Gasteiger partial charge on any atom is 0.336 e. The number of carbonyl (C=O) groups excluding carboxylic acids is 1. The minimum Gasteiger partial charge on any atom is -0.497 e. The largest absolute Gasteiger partial charge is 0.497 e. The molecule has 0 unspecified atom stereocenters. The summed E-state index contributed by atoms with van der Waals surface area (Å²) in [5.74, 6) is 1.11. The number of hydrogen-bond acceptors (Lipinski definition) is 5. The van der Waals surface area contributed by atoms with E-state index >= 15 is 0 Å². The van der Waals surface area contributed by atoms with E-state index in [1.807, 2.05) is 24.3 Å². The Bertz CT molecular complexity index is 1420. The van der Waals surface area contributed by atoms with Crippen LogP contribution in [0.2, 0.25) is 0 Å². The number of fused-ring (bicyclic) bond motifs is 4. The van der Waals surface area contributed by atoms with Gasteiger partial charge in [-0.2, -0.15) is 0 Å². The molecule has 1 atom stereocenters. The molecule has 2 N–H and O–H groups in total. The standard InChI is InChI=1S/C27H28N2O5/c1-3-5-16-12-26(31)34-24-14-18(8-10-19(16)24)33-15-25(30)28-23-7-4-6-20-21-13-17(32-2)9-11-22(21)29-27(20)23/h8-14,23,29H,3-7,15H2,1-2H3,(H,28,30)/t23-/m0/s1. The quantitative estimate of drug-likeness (QED) is 0.386. The number of methoxy groups -OCH3 is 1. The molecule has 0 spiro atoms. The summed E-state index contributed by atoms with van der Waals surface area (Å²) in [5, 5.41) is 5.14. The first-order valence-corrected chi connectivity index (χ1v) is 11.7. The summed E-state index contributed by atoms with van der Waals surface area (Å²) in [6.45, 7) is 1.95. The monoisotopic (exact) mass is 460 g/mol. The molecule has 7 nitrogen and oxygen atoms in total. The molecule has 0 fully saturated rings. The van der Waals surface area contributed by atoms with Crippen molar-refractivity contribution >= 4 is 27.8 Å². The molecule has 0 aliphatic heterocycles. The normalized spacial score (nSPS) is 15.3. The molecule has 2 aromatic heterocycles. The van der Waals surface area contributed by atoms with Crippen LogP contribution in [0.1, 0.15) is 49.0 Å². The van der Waals surface area contributed by atoms with Crippen LogP contribution in [0, 0.1) is 0 Å². The van der Waals surface area contributed by atoms with Gasteiger partial charge in [0.05, 0.1) is 13.2 Å². The number of carbonyl (C=O) groups is 1. The second-order valence-corrected chi connectivity index (χ2v) is 8.73. The predicted octanol–water partition coefficient (Wildman–Crippen LogP) is 4.81. The summed E-state index contributed by atoms with van der Waals surface area (Å²) >= 11 is 0. The van der Waals surface area contributed by atoms with Gasteiger partial charge in [0.15, 0.2) is 6.61 Å². The smallest absolute Gasteiger partial charge is 0.336 e. The SMILES string of the molecule is CCCc1cc(=O)oc2cc(OCC(=O)N[C@H]3CCCc4c3[nH]c3ccc(OC)cc43)ccc12. The van der Waals surface area contributed by atoms with Crippen LogP contribution in [0.4, 0.5) is 0 Å². The van der Waals surface area contributed by atoms with Crippen LogP contribution in [-0.2, 0) is 17.6 Å². The Morgan fingerprint density at radius 1 is 1.15 bits per heavy atom. The summed E-state index contributed by atoms with van der Waals surface area (Å²) < 4.78 is 16.5. The number of nitrogens with one attached hydrogen (secondary N) is 2. The van der Waals surface area contributed by atoms with Crippen LogP contribution in [0.5, 0.6) is 11.5 Å². The van der Waals surface area contributed by atoms with Crippen LogP contribution >= 0.6 is 0 Å². The second kappa shape index (κ2) is 9.25. The van der Waals surface area contributed by atoms with Crippen molar-refractivity contribution in [3.8, 4) is 11.5 Å². The number of benzene rings is 2. The topological polar surface area (TPSA) is 93.6 Å². The lowest BCUT2D eigenvalue weighted by Gasteiger charge is -2.24. The Morgan fingerprint density at radius 3 is 2.82 bits per heavy atom. The van der Waals surface area contributed by atoms with Gasteiger partial charge in [0.2, 0.25) is 0 Å². The third kappa shape index (κ3) is 4.25. The van der Waals surface area contributed by atoms with E-state index in [4.69, 9.17) is 13.9 Å². The van der Waals surface area contributed by atoms with Crippen molar-refractivity contribution in [3.05, 3.63) is 69.7 Å². The van der Waals surface area contributed by atoms with Gasteiger partial charge >= 0.3 is 5.63 Å². The number of amides is 1. The number of ether oxygens (including phenoxy) is 2. The van der Waals surface area contributed by atoms with Crippen molar-refractivity contribution in [1.82, 2.24) is 10.3 Å². The highest BCUT2D eigenvalue weighted by Crippen LogP contribution is 2.36. The Hall–Kier alpha value is -3.74. The molecule has 0 radical (unpaired) electrons. The van der Waals surface area contributed by atoms with Crippen molar-refractivity contribution in [2.75, 3.05) is 13.7 Å². The van der Waals surface area contributed by atoms with Crippen molar-refractivity contribution in [3.63, 3.8) is 0 Å². The zero-order valence-corrected chi connectivity index (χ0v) is 19.4. The molecular weight excluding hydrogens is 432 g/mol. The van der Waals surface area contributed by atoms with Crippen molar-refractivity contribution < 1.29 is 18.7 Å². The Balaban J connectivity index is 1.29. The van der Waals surface area contributed by atoms with Crippen LogP contribution in [0.3, 0.4) is 0 Å². The van der Waals surface area contributed by atoms with E-state index in [1.165, 1.54) is 5.56 Å². The number of aryl methyl sites for hydroxylation is 2. The van der Waals surface area contributed by atoms with Gasteiger partial charge in [-0.1, -0.05) is 13.3 Å². The molecule has 2 heterocycles. The van der Waals surface area contributed by atoms with E-state index in [2.05, 4.69) is 17.2 Å². The fraction of sp³-hybridized carbons (Fsp3) is 0.333. The van der Waals surface area contributed by atoms with Gasteiger partial charge in [0, 0.05) is 34.1 Å². The third-order valence-corrected chi connectivity index (χ3v) is 6.44. The minimum absolute atomic E-state index is 0.0931. The minimum atomic E-state index is -0.380. The van der Waals surface area contributed by atoms with Crippen molar-refractivity contribution in [2.45, 2.75) is 45.1 Å². The maximum atomic E-state index is 12.7. The zero-order chi connectivity index (χ0) is 23.7. The number of H-pyrrole nitrogens is 1. The van der Waals surface area contributed by atoms with Crippen molar-refractivity contribution in [1.29, 1.82) is 0 Å². The molecule has 0 saturated heterocycles. The van der Waals surface area contributed by atoms with E-state index in [9.17, 15) is 9.59 Å². The molecule has 0 bridgehead atoms. The van der Waals surface area contributed by atoms with Gasteiger partial charge in [-0.25, -0.2) is 4.79 Å². The van der Waals surface area contributed by atoms with Crippen LogP contribution in [0.15, 0.2) is 51.7 Å². The molecule has 1 aliphatic carbocycles. The molecule has 34 heavy (non-hydrogen) atoms. The fourth-order valence-corrected chi connectivity index (χ4v) is 4.87. The maximum absolute atomic E-state index is 12.7. The summed E-state index contributed by atoms with van der Waals surface area (Å²) in [7, 11) is 1.66. The first-order chi connectivity index (χ1) is 16.6. The van der Waals surface area contributed by atoms with E-state index in [1.54, 1.807) is 25.3 Å². The lowest BCUT2D eigenvalue weighted by molar-refractivity contribution is -0.124. The summed E-state index contributed by atoms with van der Waals surface area (Å²) in [4.78, 5) is 28.1.